The molecule has 204 valence electrons. The van der Waals surface area contributed by atoms with E-state index >= 15 is 0 Å². The molecule has 0 aromatic heterocycles. The van der Waals surface area contributed by atoms with Crippen molar-refractivity contribution in [1.29, 1.82) is 0 Å². The number of aryl methyl sites for hydroxylation is 2. The lowest BCUT2D eigenvalue weighted by Gasteiger charge is -2.35. The van der Waals surface area contributed by atoms with E-state index in [1.807, 2.05) is 24.3 Å². The molecule has 1 fully saturated rings. The van der Waals surface area contributed by atoms with Crippen LogP contribution in [0.25, 0.3) is 0 Å². The van der Waals surface area contributed by atoms with Gasteiger partial charge in [0, 0.05) is 44.7 Å². The van der Waals surface area contributed by atoms with Gasteiger partial charge >= 0.3 is 0 Å². The van der Waals surface area contributed by atoms with Gasteiger partial charge in [-0.3, -0.25) is 14.6 Å². The summed E-state index contributed by atoms with van der Waals surface area (Å²) in [6.45, 7) is 9.08. The molecule has 5 rings (SSSR count). The molecule has 1 unspecified atom stereocenters. The van der Waals surface area contributed by atoms with Gasteiger partial charge in [-0.15, -0.1) is 0 Å². The summed E-state index contributed by atoms with van der Waals surface area (Å²) < 4.78 is 11.2. The van der Waals surface area contributed by atoms with Crippen molar-refractivity contribution in [3.8, 4) is 11.5 Å². The van der Waals surface area contributed by atoms with Gasteiger partial charge in [0.15, 0.2) is 0 Å². The van der Waals surface area contributed by atoms with Crippen LogP contribution >= 0.6 is 0 Å². The summed E-state index contributed by atoms with van der Waals surface area (Å²) in [5.41, 5.74) is 6.64. The minimum absolute atomic E-state index is 0.000200. The first-order chi connectivity index (χ1) is 18.9. The van der Waals surface area contributed by atoms with Gasteiger partial charge in [0.25, 0.3) is 5.91 Å². The Kier molecular flexibility index (Phi) is 8.29. The standard InChI is InChI=1S/C32H38N4O3/c1-23-10-11-26(18-24(23)2)29-20-30(28-19-27(38-3)12-13-31(28)39-4)36(33-29)32(37)22-35-16-14-34(15-17-35)21-25-8-6-5-7-9-25/h5-13,18-19,30H,14-17,20-22H2,1-4H3. The zero-order valence-corrected chi connectivity index (χ0v) is 23.4. The molecule has 0 aliphatic carbocycles. The maximum Gasteiger partial charge on any atom is 0.257 e. The molecule has 7 nitrogen and oxygen atoms in total. The summed E-state index contributed by atoms with van der Waals surface area (Å²) >= 11 is 0. The summed E-state index contributed by atoms with van der Waals surface area (Å²) in [5, 5.41) is 6.60. The number of carbonyl (C=O) groups excluding carboxylic acids is 1. The Morgan fingerprint density at radius 2 is 1.62 bits per heavy atom. The molecule has 1 atom stereocenters. The first-order valence-electron chi connectivity index (χ1n) is 13.6. The number of nitrogens with zero attached hydrogens (tertiary/aromatic N) is 4. The van der Waals surface area contributed by atoms with Crippen molar-refractivity contribution in [1.82, 2.24) is 14.8 Å². The number of rotatable bonds is 8. The number of benzene rings is 3. The number of ether oxygens (including phenoxy) is 2. The average molecular weight is 527 g/mol. The minimum Gasteiger partial charge on any atom is -0.497 e. The van der Waals surface area contributed by atoms with Gasteiger partial charge in [0.1, 0.15) is 11.5 Å². The number of hydrazone groups is 1. The fourth-order valence-electron chi connectivity index (χ4n) is 5.39. The molecule has 0 N–H and O–H groups in total. The summed E-state index contributed by atoms with van der Waals surface area (Å²) in [4.78, 5) is 18.5. The van der Waals surface area contributed by atoms with Crippen molar-refractivity contribution in [2.75, 3.05) is 46.9 Å². The largest absolute Gasteiger partial charge is 0.497 e. The van der Waals surface area contributed by atoms with E-state index in [-0.39, 0.29) is 11.9 Å². The van der Waals surface area contributed by atoms with Gasteiger partial charge in [0.2, 0.25) is 0 Å². The number of hydrogen-bond acceptors (Lipinski definition) is 6. The van der Waals surface area contributed by atoms with Crippen molar-refractivity contribution in [2.45, 2.75) is 32.9 Å². The third-order valence-corrected chi connectivity index (χ3v) is 7.87. The first kappa shape index (κ1) is 26.9. The monoisotopic (exact) mass is 526 g/mol. The lowest BCUT2D eigenvalue weighted by atomic mass is 9.95. The van der Waals surface area contributed by atoms with Crippen LogP contribution in [-0.4, -0.2) is 73.4 Å². The Morgan fingerprint density at radius 1 is 0.872 bits per heavy atom. The number of carbonyl (C=O) groups is 1. The average Bonchev–Trinajstić information content (AvgIpc) is 3.41. The van der Waals surface area contributed by atoms with Gasteiger partial charge in [0.05, 0.1) is 32.5 Å². The van der Waals surface area contributed by atoms with E-state index in [4.69, 9.17) is 14.6 Å². The van der Waals surface area contributed by atoms with E-state index in [1.165, 1.54) is 16.7 Å². The van der Waals surface area contributed by atoms with Crippen molar-refractivity contribution in [3.63, 3.8) is 0 Å². The van der Waals surface area contributed by atoms with Gasteiger partial charge in [-0.05, 0) is 60.4 Å². The molecular weight excluding hydrogens is 488 g/mol. The molecule has 3 aromatic rings. The fourth-order valence-corrected chi connectivity index (χ4v) is 5.39. The van der Waals surface area contributed by atoms with E-state index in [2.05, 4.69) is 66.1 Å². The summed E-state index contributed by atoms with van der Waals surface area (Å²) in [7, 11) is 3.31. The molecule has 39 heavy (non-hydrogen) atoms. The highest BCUT2D eigenvalue weighted by Gasteiger charge is 2.36. The van der Waals surface area contributed by atoms with E-state index in [0.717, 1.165) is 61.1 Å². The number of methoxy groups -OCH3 is 2. The van der Waals surface area contributed by atoms with Gasteiger partial charge < -0.3 is 9.47 Å². The van der Waals surface area contributed by atoms with Crippen LogP contribution in [0.15, 0.2) is 71.8 Å². The third kappa shape index (κ3) is 6.15. The Balaban J connectivity index is 1.34. The van der Waals surface area contributed by atoms with Crippen molar-refractivity contribution >= 4 is 11.6 Å². The summed E-state index contributed by atoms with van der Waals surface area (Å²) in [6, 6.07) is 22.4. The molecule has 1 amide bonds. The smallest absolute Gasteiger partial charge is 0.257 e. The molecule has 0 bridgehead atoms. The highest BCUT2D eigenvalue weighted by atomic mass is 16.5. The summed E-state index contributed by atoms with van der Waals surface area (Å²) in [6.07, 6.45) is 0.614. The number of hydrogen-bond donors (Lipinski definition) is 0. The van der Waals surface area contributed by atoms with Crippen LogP contribution in [0.4, 0.5) is 0 Å². The predicted octanol–water partition coefficient (Wildman–Crippen LogP) is 4.82. The van der Waals surface area contributed by atoms with Gasteiger partial charge in [-0.2, -0.15) is 5.10 Å². The quantitative estimate of drug-likeness (QED) is 0.422. The van der Waals surface area contributed by atoms with E-state index in [1.54, 1.807) is 19.2 Å². The number of piperazine rings is 1. The van der Waals surface area contributed by atoms with E-state index in [0.29, 0.717) is 13.0 Å². The zero-order valence-electron chi connectivity index (χ0n) is 23.4. The van der Waals surface area contributed by atoms with Crippen LogP contribution in [-0.2, 0) is 11.3 Å². The highest BCUT2D eigenvalue weighted by molar-refractivity contribution is 6.03. The molecule has 7 heteroatoms. The summed E-state index contributed by atoms with van der Waals surface area (Å²) in [5.74, 6) is 1.46. The van der Waals surface area contributed by atoms with Crippen molar-refractivity contribution in [3.05, 3.63) is 94.5 Å². The molecular formula is C32H38N4O3. The Hall–Kier alpha value is -3.68. The Labute approximate surface area is 231 Å². The lowest BCUT2D eigenvalue weighted by Crippen LogP contribution is -2.49. The second-order valence-electron chi connectivity index (χ2n) is 10.4. The normalized spacial score (nSPS) is 18.2. The molecule has 0 spiro atoms. The molecule has 2 aliphatic heterocycles. The predicted molar refractivity (Wildman–Crippen MR) is 154 cm³/mol. The SMILES string of the molecule is COc1ccc(OC)c(C2CC(c3ccc(C)c(C)c3)=NN2C(=O)CN2CCN(Cc3ccccc3)CC2)c1. The molecule has 2 aliphatic rings. The van der Waals surface area contributed by atoms with E-state index in [9.17, 15) is 4.79 Å². The van der Waals surface area contributed by atoms with Crippen LogP contribution in [0.1, 0.15) is 40.3 Å². The first-order valence-corrected chi connectivity index (χ1v) is 13.6. The fraction of sp³-hybridized carbons (Fsp3) is 0.375. The Morgan fingerprint density at radius 3 is 2.31 bits per heavy atom. The van der Waals surface area contributed by atoms with E-state index < -0.39 is 0 Å². The molecule has 3 aromatic carbocycles. The highest BCUT2D eigenvalue weighted by Crippen LogP contribution is 2.39. The second-order valence-corrected chi connectivity index (χ2v) is 10.4. The van der Waals surface area contributed by atoms with Crippen molar-refractivity contribution in [2.24, 2.45) is 5.10 Å². The maximum atomic E-state index is 13.8. The van der Waals surface area contributed by atoms with Crippen LogP contribution in [0.3, 0.4) is 0 Å². The zero-order chi connectivity index (χ0) is 27.4. The van der Waals surface area contributed by atoms with Crippen LogP contribution in [0, 0.1) is 13.8 Å². The molecule has 2 heterocycles. The van der Waals surface area contributed by atoms with Crippen LogP contribution in [0.2, 0.25) is 0 Å². The topological polar surface area (TPSA) is 57.6 Å². The molecule has 0 radical (unpaired) electrons. The van der Waals surface area contributed by atoms with Gasteiger partial charge in [-0.25, -0.2) is 5.01 Å². The Bertz CT molecular complexity index is 1330. The van der Waals surface area contributed by atoms with Crippen LogP contribution < -0.4 is 9.47 Å². The third-order valence-electron chi connectivity index (χ3n) is 7.87. The van der Waals surface area contributed by atoms with Crippen molar-refractivity contribution < 1.29 is 14.3 Å². The minimum atomic E-state index is -0.265. The molecule has 0 saturated carbocycles. The molecule has 1 saturated heterocycles. The van der Waals surface area contributed by atoms with Gasteiger partial charge in [-0.1, -0.05) is 42.5 Å². The maximum absolute atomic E-state index is 13.8. The lowest BCUT2D eigenvalue weighted by molar-refractivity contribution is -0.134. The number of amides is 1. The second kappa shape index (κ2) is 12.0. The van der Waals surface area contributed by atoms with Crippen LogP contribution in [0.5, 0.6) is 11.5 Å².